The van der Waals surface area contributed by atoms with Gasteiger partial charge < -0.3 is 15.3 Å². The second kappa shape index (κ2) is 14.3. The maximum Gasteiger partial charge on any atom is 3.00 e. The van der Waals surface area contributed by atoms with Crippen molar-refractivity contribution in [2.24, 2.45) is 0 Å². The zero-order chi connectivity index (χ0) is 20.1. The van der Waals surface area contributed by atoms with Crippen LogP contribution in [0.1, 0.15) is 31.1 Å². The van der Waals surface area contributed by atoms with Gasteiger partial charge in [-0.1, -0.05) is 90.0 Å². The Morgan fingerprint density at radius 1 is 0.464 bits per heavy atom. The molecule has 28 heavy (non-hydrogen) atoms. The first kappa shape index (κ1) is 25.3. The van der Waals surface area contributed by atoms with Crippen LogP contribution in [0.3, 0.4) is 0 Å². The molecule has 0 heterocycles. The largest absolute Gasteiger partial charge is 3.00 e. The summed E-state index contributed by atoms with van der Waals surface area (Å²) >= 11 is 0. The molecule has 0 amide bonds. The van der Waals surface area contributed by atoms with Crippen molar-refractivity contribution in [3.63, 3.8) is 0 Å². The van der Waals surface area contributed by atoms with Crippen molar-refractivity contribution in [2.75, 3.05) is 0 Å². The molecule has 0 fully saturated rings. The molecule has 6 nitrogen and oxygen atoms in total. The third kappa shape index (κ3) is 8.77. The van der Waals surface area contributed by atoms with E-state index in [9.17, 15) is 29.7 Å². The molecule has 3 aromatic rings. The summed E-state index contributed by atoms with van der Waals surface area (Å²) in [5.41, 5.74) is 0.660. The number of carbonyl (C=O) groups is 3. The molecule has 0 unspecified atom stereocenters. The average molecular weight is 502 g/mol. The van der Waals surface area contributed by atoms with E-state index in [2.05, 4.69) is 0 Å². The van der Waals surface area contributed by atoms with Crippen LogP contribution in [0.5, 0.6) is 17.2 Å². The molecule has 0 saturated heterocycles. The Kier molecular flexibility index (Phi) is 12.9. The maximum atomic E-state index is 10.6. The van der Waals surface area contributed by atoms with Crippen LogP contribution in [0.25, 0.3) is 0 Å². The van der Waals surface area contributed by atoms with E-state index in [-0.39, 0.29) is 69.5 Å². The smallest absolute Gasteiger partial charge is 0.872 e. The van der Waals surface area contributed by atoms with E-state index < -0.39 is 0 Å². The second-order valence-electron chi connectivity index (χ2n) is 4.97. The summed E-state index contributed by atoms with van der Waals surface area (Å²) in [7, 11) is 0. The van der Waals surface area contributed by atoms with Gasteiger partial charge in [-0.25, -0.2) is 0 Å². The number of hydrogen-bond acceptors (Lipinski definition) is 6. The minimum Gasteiger partial charge on any atom is -0.872 e. The molecule has 3 rings (SSSR count). The van der Waals surface area contributed by atoms with Crippen LogP contribution >= 0.6 is 0 Å². The summed E-state index contributed by atoms with van der Waals surface area (Å²) in [5.74, 6) is -0.646. The first-order valence-electron chi connectivity index (χ1n) is 7.67. The maximum absolute atomic E-state index is 10.6. The van der Waals surface area contributed by atoms with Gasteiger partial charge in [0.15, 0.2) is 0 Å². The van der Waals surface area contributed by atoms with Gasteiger partial charge in [-0.3, -0.25) is 14.4 Å². The van der Waals surface area contributed by atoms with Crippen LogP contribution in [0.4, 0.5) is 0 Å². The molecule has 0 N–H and O–H groups in total. The predicted octanol–water partition coefficient (Wildman–Crippen LogP) is 1.72. The van der Waals surface area contributed by atoms with Crippen LogP contribution in [0.2, 0.25) is 0 Å². The van der Waals surface area contributed by atoms with Crippen LogP contribution in [0, 0.1) is 35.6 Å². The van der Waals surface area contributed by atoms with Crippen molar-refractivity contribution in [2.45, 2.75) is 0 Å². The van der Waals surface area contributed by atoms with Gasteiger partial charge in [0.05, 0.1) is 0 Å². The molecule has 0 saturated carbocycles. The van der Waals surface area contributed by atoms with Gasteiger partial charge >= 0.3 is 35.6 Å². The van der Waals surface area contributed by atoms with E-state index >= 15 is 0 Å². The molecular weight excluding hydrogens is 487 g/mol. The van der Waals surface area contributed by atoms with Crippen LogP contribution in [0.15, 0.2) is 72.8 Å². The zero-order valence-corrected chi connectivity index (χ0v) is 18.3. The van der Waals surface area contributed by atoms with E-state index in [0.29, 0.717) is 18.9 Å². The van der Waals surface area contributed by atoms with Gasteiger partial charge in [-0.15, -0.1) is 0 Å². The first-order valence-corrected chi connectivity index (χ1v) is 7.67. The van der Waals surface area contributed by atoms with Gasteiger partial charge in [0.2, 0.25) is 0 Å². The Balaban J connectivity index is 0.000000384. The molecule has 0 atom stereocenters. The monoisotopic (exact) mass is 502 g/mol. The molecule has 0 bridgehead atoms. The van der Waals surface area contributed by atoms with Gasteiger partial charge in [-0.05, 0) is 0 Å². The zero-order valence-electron chi connectivity index (χ0n) is 14.7. The summed E-state index contributed by atoms with van der Waals surface area (Å²) in [4.78, 5) is 30.1. The molecular formula is C21H15LaO6. The molecule has 0 spiro atoms. The number of hydrogen-bond donors (Lipinski definition) is 0. The fraction of sp³-hybridized carbons (Fsp3) is 0. The molecule has 7 heteroatoms. The summed E-state index contributed by atoms with van der Waals surface area (Å²) in [6.07, 6.45) is 1.67. The molecule has 0 aromatic heterocycles. The summed E-state index contributed by atoms with van der Waals surface area (Å²) < 4.78 is 0. The van der Waals surface area contributed by atoms with Crippen molar-refractivity contribution in [3.8, 4) is 17.2 Å². The molecule has 3 aromatic carbocycles. The fourth-order valence-electron chi connectivity index (χ4n) is 1.73. The number of benzene rings is 3. The van der Waals surface area contributed by atoms with Crippen molar-refractivity contribution >= 4 is 18.9 Å². The summed E-state index contributed by atoms with van der Waals surface area (Å²) in [5, 5.41) is 31.9. The first-order chi connectivity index (χ1) is 13.0. The van der Waals surface area contributed by atoms with Crippen molar-refractivity contribution in [1.82, 2.24) is 0 Å². The Hall–Kier alpha value is -2.74. The van der Waals surface area contributed by atoms with E-state index in [4.69, 9.17) is 0 Å². The third-order valence-corrected chi connectivity index (χ3v) is 3.14. The molecule has 0 aliphatic rings. The van der Waals surface area contributed by atoms with Crippen LogP contribution < -0.4 is 15.3 Å². The topological polar surface area (TPSA) is 120 Å². The minimum absolute atomic E-state index is 0. The van der Waals surface area contributed by atoms with Gasteiger partial charge in [0, 0.05) is 16.7 Å². The molecule has 0 aliphatic carbocycles. The number of rotatable bonds is 3. The van der Waals surface area contributed by atoms with E-state index in [0.717, 1.165) is 0 Å². The molecule has 138 valence electrons. The second-order valence-corrected chi connectivity index (χ2v) is 4.97. The number of para-hydroxylation sites is 3. The van der Waals surface area contributed by atoms with Gasteiger partial charge in [0.1, 0.15) is 18.9 Å². The van der Waals surface area contributed by atoms with Gasteiger partial charge in [-0.2, -0.15) is 0 Å². The summed E-state index contributed by atoms with van der Waals surface area (Å²) in [6.45, 7) is 0. The minimum atomic E-state index is -0.215. The van der Waals surface area contributed by atoms with Crippen molar-refractivity contribution in [3.05, 3.63) is 89.5 Å². The Morgan fingerprint density at radius 2 is 0.679 bits per heavy atom. The van der Waals surface area contributed by atoms with Crippen LogP contribution in [-0.2, 0) is 0 Å². The predicted molar refractivity (Wildman–Crippen MR) is 93.8 cm³/mol. The fourth-order valence-corrected chi connectivity index (χ4v) is 1.73. The van der Waals surface area contributed by atoms with Gasteiger partial charge in [0.25, 0.3) is 0 Å². The Labute approximate surface area is 190 Å². The quantitative estimate of drug-likeness (QED) is 0.503. The van der Waals surface area contributed by atoms with Crippen molar-refractivity contribution < 1.29 is 65.3 Å². The standard InChI is InChI=1S/3C7H6O2.La/c3*8-5-6-3-1-2-4-7(6)9;/h3*1-5,9H;/q;;;+3/p-3. The average Bonchev–Trinajstić information content (AvgIpc) is 2.70. The number of carbonyl (C=O) groups excluding carboxylic acids is 3. The van der Waals surface area contributed by atoms with E-state index in [1.807, 2.05) is 0 Å². The van der Waals surface area contributed by atoms with E-state index in [1.54, 1.807) is 36.4 Å². The normalized spacial score (nSPS) is 8.57. The molecule has 0 aliphatic heterocycles. The number of aldehydes is 3. The third-order valence-electron chi connectivity index (χ3n) is 3.14. The van der Waals surface area contributed by atoms with Crippen LogP contribution in [-0.4, -0.2) is 18.9 Å². The Bertz CT molecular complexity index is 778. The Morgan fingerprint density at radius 3 is 0.821 bits per heavy atom. The molecule has 0 radical (unpaired) electrons. The SMILES string of the molecule is O=Cc1ccccc1[O-].O=Cc1ccccc1[O-].O=Cc1ccccc1[O-].[La+3]. The summed E-state index contributed by atoms with van der Waals surface area (Å²) in [6, 6.07) is 18.4. The van der Waals surface area contributed by atoms with E-state index in [1.165, 1.54) is 36.4 Å². The van der Waals surface area contributed by atoms with Crippen molar-refractivity contribution in [1.29, 1.82) is 0 Å².